The second kappa shape index (κ2) is 19.1. The number of thiazole rings is 1. The van der Waals surface area contributed by atoms with Gasteiger partial charge in [-0.15, -0.1) is 34.9 Å². The average molecular weight is 902 g/mol. The Morgan fingerprint density at radius 1 is 0.812 bits per heavy atom. The van der Waals surface area contributed by atoms with Gasteiger partial charge in [-0.05, 0) is 23.3 Å². The lowest BCUT2D eigenvalue weighted by molar-refractivity contribution is -0.154. The van der Waals surface area contributed by atoms with Crippen LogP contribution in [0, 0.1) is 0 Å². The van der Waals surface area contributed by atoms with Crippen LogP contribution in [0.3, 0.4) is 0 Å². The third kappa shape index (κ3) is 8.65. The van der Waals surface area contributed by atoms with Crippen molar-refractivity contribution in [3.8, 4) is 0 Å². The molecule has 2 aliphatic rings. The number of ether oxygens (including phenoxy) is 1. The molecular weight excluding hydrogens is 863 g/mol. The molecule has 64 heavy (non-hydrogen) atoms. The molecule has 5 aromatic carbocycles. The Morgan fingerprint density at radius 2 is 1.38 bits per heavy atom. The summed E-state index contributed by atoms with van der Waals surface area (Å²) in [6.07, 6.45) is 0.836. The summed E-state index contributed by atoms with van der Waals surface area (Å²) in [6, 6.07) is 50.4. The summed E-state index contributed by atoms with van der Waals surface area (Å²) in [5, 5.41) is 16.9. The molecule has 12 nitrogen and oxygen atoms in total. The second-order valence-corrected chi connectivity index (χ2v) is 17.7. The molecule has 2 amide bonds. The number of nitrogens with two attached hydrogens (primary N) is 1. The monoisotopic (exact) mass is 901 g/mol. The molecule has 15 heteroatoms. The number of thioether (sulfide) groups is 2. The summed E-state index contributed by atoms with van der Waals surface area (Å²) in [5.74, 6) is -1.11. The van der Waals surface area contributed by atoms with E-state index in [2.05, 4.69) is 25.7 Å². The third-order valence-corrected chi connectivity index (χ3v) is 13.9. The SMILES string of the molecule is Nc1nc(/C(=N/OC(c2ccccc2)(c2ccccc2)c2ccccc2)C(=O)N[C@@H]2C(=O)N3C(C(=O)OC(c4ccccc4)c4ccccc4)=C(SCc4cccnn4)CS[C@H]23)cs1. The van der Waals surface area contributed by atoms with Crippen molar-refractivity contribution < 1.29 is 24.0 Å². The number of nitrogens with one attached hydrogen (secondary N) is 1. The first kappa shape index (κ1) is 42.2. The first-order valence-corrected chi connectivity index (χ1v) is 23.1. The number of benzene rings is 5. The van der Waals surface area contributed by atoms with Crippen LogP contribution in [0.25, 0.3) is 0 Å². The van der Waals surface area contributed by atoms with E-state index in [1.54, 1.807) is 17.6 Å². The van der Waals surface area contributed by atoms with Gasteiger partial charge in [0.15, 0.2) is 16.9 Å². The molecule has 7 aromatic rings. The number of fused-ring (bicyclic) bond motifs is 1. The Morgan fingerprint density at radius 3 is 1.89 bits per heavy atom. The Balaban J connectivity index is 1.04. The van der Waals surface area contributed by atoms with E-state index in [1.165, 1.54) is 28.4 Å². The van der Waals surface area contributed by atoms with Crippen molar-refractivity contribution in [2.75, 3.05) is 11.5 Å². The van der Waals surface area contributed by atoms with Gasteiger partial charge in [-0.25, -0.2) is 9.78 Å². The summed E-state index contributed by atoms with van der Waals surface area (Å²) in [4.78, 5) is 56.8. The van der Waals surface area contributed by atoms with Crippen LogP contribution in [0.5, 0.6) is 0 Å². The highest BCUT2D eigenvalue weighted by atomic mass is 32.2. The van der Waals surface area contributed by atoms with Gasteiger partial charge in [-0.1, -0.05) is 157 Å². The number of nitrogen functional groups attached to an aromatic ring is 1. The maximum absolute atomic E-state index is 14.6. The van der Waals surface area contributed by atoms with Crippen LogP contribution in [0.2, 0.25) is 0 Å². The second-order valence-electron chi connectivity index (χ2n) is 14.6. The molecule has 2 aromatic heterocycles. The summed E-state index contributed by atoms with van der Waals surface area (Å²) in [6.45, 7) is 0. The summed E-state index contributed by atoms with van der Waals surface area (Å²) >= 11 is 3.96. The molecule has 0 unspecified atom stereocenters. The molecule has 0 bridgehead atoms. The number of oxime groups is 1. The number of aromatic nitrogens is 3. The lowest BCUT2D eigenvalue weighted by atomic mass is 9.80. The minimum Gasteiger partial charge on any atom is -0.448 e. The number of β-lactam (4-membered cyclic amide) rings is 1. The maximum atomic E-state index is 14.6. The van der Waals surface area contributed by atoms with E-state index in [-0.39, 0.29) is 22.2 Å². The fourth-order valence-corrected chi connectivity index (χ4v) is 10.7. The topological polar surface area (TPSA) is 162 Å². The lowest BCUT2D eigenvalue weighted by Gasteiger charge is -2.49. The summed E-state index contributed by atoms with van der Waals surface area (Å²) in [5.41, 5.74) is 9.43. The molecule has 4 heterocycles. The Labute approximate surface area is 381 Å². The van der Waals surface area contributed by atoms with E-state index in [0.717, 1.165) is 39.2 Å². The van der Waals surface area contributed by atoms with Gasteiger partial charge >= 0.3 is 5.97 Å². The number of hydrogen-bond donors (Lipinski definition) is 2. The Kier molecular flexibility index (Phi) is 12.6. The standard InChI is InChI=1S/C49H39N7O5S3/c50-48-52-38(30-64-48)40(55-61-49(34-21-10-3-11-22-34,35-23-12-4-13-24-35)36-25-14-5-15-26-36)44(57)53-41-45(58)56-42(39(31-63-46(41)56)62-29-37-27-16-28-51-54-37)47(59)60-43(32-17-6-1-7-18-32)33-19-8-2-9-20-33/h1-28,30,41,43,46H,29,31H2,(H2,50,52)(H,53,57)/b55-40-/t41-,46-/m1/s1. The molecule has 1 fully saturated rings. The number of carbonyl (C=O) groups excluding carboxylic acids is 3. The zero-order valence-corrected chi connectivity index (χ0v) is 36.4. The molecule has 3 N–H and O–H groups in total. The lowest BCUT2D eigenvalue weighted by Crippen LogP contribution is -2.71. The molecule has 318 valence electrons. The molecule has 0 saturated carbocycles. The first-order valence-electron chi connectivity index (χ1n) is 20.2. The number of carbonyl (C=O) groups is 3. The minimum atomic E-state index is -1.31. The molecule has 1 saturated heterocycles. The average Bonchev–Trinajstić information content (AvgIpc) is 3.79. The zero-order chi connectivity index (χ0) is 43.9. The quantitative estimate of drug-likeness (QED) is 0.0336. The van der Waals surface area contributed by atoms with Crippen molar-refractivity contribution >= 4 is 63.5 Å². The number of nitrogens with zero attached hydrogens (tertiary/aromatic N) is 5. The van der Waals surface area contributed by atoms with Gasteiger partial charge in [0.25, 0.3) is 11.8 Å². The Bertz CT molecular complexity index is 2660. The van der Waals surface area contributed by atoms with Gasteiger partial charge in [0.2, 0.25) is 5.60 Å². The summed E-state index contributed by atoms with van der Waals surface area (Å²) in [7, 11) is 0. The van der Waals surface area contributed by atoms with Crippen LogP contribution in [0.15, 0.2) is 191 Å². The van der Waals surface area contributed by atoms with E-state index in [4.69, 9.17) is 15.3 Å². The van der Waals surface area contributed by atoms with Crippen LogP contribution < -0.4 is 11.1 Å². The number of hydrogen-bond acceptors (Lipinski definition) is 13. The zero-order valence-electron chi connectivity index (χ0n) is 34.0. The van der Waals surface area contributed by atoms with Gasteiger partial charge in [0.05, 0.1) is 5.69 Å². The van der Waals surface area contributed by atoms with Crippen molar-refractivity contribution in [2.45, 2.75) is 28.9 Å². The fraction of sp³-hybridized carbons (Fsp3) is 0.122. The van der Waals surface area contributed by atoms with Gasteiger partial charge in [-0.2, -0.15) is 10.2 Å². The van der Waals surface area contributed by atoms with E-state index < -0.39 is 40.9 Å². The highest BCUT2D eigenvalue weighted by molar-refractivity contribution is 8.05. The molecule has 0 radical (unpaired) electrons. The minimum absolute atomic E-state index is 0.118. The smallest absolute Gasteiger partial charge is 0.356 e. The molecule has 0 aliphatic carbocycles. The highest BCUT2D eigenvalue weighted by Gasteiger charge is 2.55. The normalized spacial score (nSPS) is 16.2. The van der Waals surface area contributed by atoms with Crippen LogP contribution in [-0.4, -0.2) is 60.7 Å². The van der Waals surface area contributed by atoms with Gasteiger partial charge in [0, 0.05) is 44.7 Å². The largest absolute Gasteiger partial charge is 0.448 e. The fourth-order valence-electron chi connectivity index (χ4n) is 7.61. The molecule has 9 rings (SSSR count). The van der Waals surface area contributed by atoms with Crippen molar-refractivity contribution in [3.05, 3.63) is 225 Å². The van der Waals surface area contributed by atoms with Crippen LogP contribution in [0.1, 0.15) is 45.3 Å². The molecule has 2 aliphatic heterocycles. The molecular formula is C49H39N7O5S3. The third-order valence-electron chi connectivity index (χ3n) is 10.7. The van der Waals surface area contributed by atoms with Crippen LogP contribution >= 0.6 is 34.9 Å². The predicted octanol–water partition coefficient (Wildman–Crippen LogP) is 8.11. The van der Waals surface area contributed by atoms with E-state index in [0.29, 0.717) is 22.1 Å². The van der Waals surface area contributed by atoms with E-state index in [9.17, 15) is 14.4 Å². The van der Waals surface area contributed by atoms with Crippen molar-refractivity contribution in [2.24, 2.45) is 5.16 Å². The van der Waals surface area contributed by atoms with Crippen LogP contribution in [0.4, 0.5) is 5.13 Å². The molecule has 0 spiro atoms. The molecule has 2 atom stereocenters. The van der Waals surface area contributed by atoms with Gasteiger partial charge in [0.1, 0.15) is 22.8 Å². The number of esters is 1. The van der Waals surface area contributed by atoms with Gasteiger partial charge < -0.3 is 20.6 Å². The number of amides is 2. The van der Waals surface area contributed by atoms with Crippen molar-refractivity contribution in [1.82, 2.24) is 25.4 Å². The first-order chi connectivity index (χ1) is 31.4. The Hall–Kier alpha value is -7.07. The number of anilines is 1. The highest BCUT2D eigenvalue weighted by Crippen LogP contribution is 2.45. The number of rotatable bonds is 15. The summed E-state index contributed by atoms with van der Waals surface area (Å²) < 4.78 is 6.35. The van der Waals surface area contributed by atoms with Crippen LogP contribution in [-0.2, 0) is 35.3 Å². The van der Waals surface area contributed by atoms with Crippen molar-refractivity contribution in [1.29, 1.82) is 0 Å². The maximum Gasteiger partial charge on any atom is 0.356 e. The van der Waals surface area contributed by atoms with Gasteiger partial charge in [-0.3, -0.25) is 14.5 Å². The van der Waals surface area contributed by atoms with E-state index in [1.807, 2.05) is 158 Å². The van der Waals surface area contributed by atoms with E-state index >= 15 is 0 Å². The van der Waals surface area contributed by atoms with Crippen molar-refractivity contribution in [3.63, 3.8) is 0 Å². The predicted molar refractivity (Wildman–Crippen MR) is 250 cm³/mol.